The number of benzene rings is 1. The second-order valence-electron chi connectivity index (χ2n) is 5.36. The lowest BCUT2D eigenvalue weighted by atomic mass is 10.0. The van der Waals surface area contributed by atoms with Gasteiger partial charge in [0.15, 0.2) is 11.5 Å². The first-order chi connectivity index (χ1) is 11.5. The molecule has 2 heterocycles. The molecule has 0 radical (unpaired) electrons. The third kappa shape index (κ3) is 2.84. The van der Waals surface area contributed by atoms with Gasteiger partial charge in [0.2, 0.25) is 10.0 Å². The maximum absolute atomic E-state index is 12.2. The zero-order valence-electron chi connectivity index (χ0n) is 13.6. The molecule has 24 heavy (non-hydrogen) atoms. The van der Waals surface area contributed by atoms with Crippen LogP contribution in [0.2, 0.25) is 0 Å². The molecule has 0 amide bonds. The van der Waals surface area contributed by atoms with Gasteiger partial charge in [0.25, 0.3) is 0 Å². The van der Waals surface area contributed by atoms with Crippen LogP contribution < -0.4 is 9.47 Å². The maximum Gasteiger partial charge on any atom is 0.247 e. The fourth-order valence-corrected chi connectivity index (χ4v) is 3.69. The van der Waals surface area contributed by atoms with Gasteiger partial charge >= 0.3 is 0 Å². The van der Waals surface area contributed by atoms with Crippen LogP contribution in [-0.4, -0.2) is 39.0 Å². The van der Waals surface area contributed by atoms with Crippen molar-refractivity contribution in [1.82, 2.24) is 4.41 Å². The predicted molar refractivity (Wildman–Crippen MR) is 88.8 cm³/mol. The van der Waals surface area contributed by atoms with Crippen molar-refractivity contribution in [3.8, 4) is 11.5 Å². The van der Waals surface area contributed by atoms with Crippen molar-refractivity contribution in [3.63, 3.8) is 0 Å². The first-order valence-electron chi connectivity index (χ1n) is 7.27. The summed E-state index contributed by atoms with van der Waals surface area (Å²) in [4.78, 5) is 0. The molecule has 0 N–H and O–H groups in total. The molecule has 0 saturated carbocycles. The number of hydrogen-bond acceptors (Lipinski definition) is 6. The van der Waals surface area contributed by atoms with E-state index in [0.29, 0.717) is 35.0 Å². The lowest BCUT2D eigenvalue weighted by Crippen LogP contribution is -2.26. The number of furan rings is 1. The highest BCUT2D eigenvalue weighted by Gasteiger charge is 2.37. The van der Waals surface area contributed by atoms with Crippen molar-refractivity contribution in [1.29, 1.82) is 0 Å². The van der Waals surface area contributed by atoms with E-state index in [1.165, 1.54) is 20.5 Å². The molecule has 8 heteroatoms. The topological polar surface area (TPSA) is 81.3 Å². The number of hydrogen-bond donors (Lipinski definition) is 0. The number of ether oxygens (including phenoxy) is 2. The van der Waals surface area contributed by atoms with E-state index in [9.17, 15) is 8.42 Å². The van der Waals surface area contributed by atoms with Gasteiger partial charge in [0.1, 0.15) is 11.5 Å². The van der Waals surface area contributed by atoms with E-state index in [1.807, 2.05) is 6.07 Å². The van der Waals surface area contributed by atoms with Gasteiger partial charge in [0.05, 0.1) is 32.8 Å². The van der Waals surface area contributed by atoms with Gasteiger partial charge in [-0.2, -0.15) is 9.52 Å². The van der Waals surface area contributed by atoms with Gasteiger partial charge in [-0.3, -0.25) is 0 Å². The number of para-hydroxylation sites is 1. The molecule has 0 bridgehead atoms. The number of nitrogens with zero attached hydrogens (tertiary/aromatic N) is 2. The Morgan fingerprint density at radius 1 is 1.21 bits per heavy atom. The molecule has 3 rings (SSSR count). The maximum atomic E-state index is 12.2. The van der Waals surface area contributed by atoms with Crippen molar-refractivity contribution >= 4 is 15.7 Å². The van der Waals surface area contributed by atoms with Gasteiger partial charge in [-0.05, 0) is 18.2 Å². The van der Waals surface area contributed by atoms with Crippen molar-refractivity contribution in [3.05, 3.63) is 47.9 Å². The van der Waals surface area contributed by atoms with E-state index in [1.54, 1.807) is 24.3 Å². The van der Waals surface area contributed by atoms with Crippen molar-refractivity contribution in [2.45, 2.75) is 12.5 Å². The van der Waals surface area contributed by atoms with Crippen LogP contribution in [0, 0.1) is 0 Å². The zero-order chi connectivity index (χ0) is 17.3. The summed E-state index contributed by atoms with van der Waals surface area (Å²) in [5.41, 5.74) is 1.26. The molecule has 0 fully saturated rings. The van der Waals surface area contributed by atoms with Crippen LogP contribution in [0.1, 0.15) is 23.8 Å². The van der Waals surface area contributed by atoms with Crippen LogP contribution in [0.15, 0.2) is 46.1 Å². The summed E-state index contributed by atoms with van der Waals surface area (Å²) >= 11 is 0. The standard InChI is InChI=1S/C16H18N2O5S/c1-21-15-7-4-6-11(16(15)22-2)13-10-12(14-8-5-9-23-14)17-18(13)24(3,19)20/h4-9,13H,10H2,1-3H3/t13-/m1/s1. The second-order valence-corrected chi connectivity index (χ2v) is 7.20. The van der Waals surface area contributed by atoms with E-state index in [2.05, 4.69) is 5.10 Å². The van der Waals surface area contributed by atoms with Crippen LogP contribution in [0.25, 0.3) is 0 Å². The number of rotatable bonds is 5. The fourth-order valence-electron chi connectivity index (χ4n) is 2.79. The minimum atomic E-state index is -3.56. The largest absolute Gasteiger partial charge is 0.493 e. The lowest BCUT2D eigenvalue weighted by Gasteiger charge is -2.23. The molecule has 1 aliphatic rings. The highest BCUT2D eigenvalue weighted by molar-refractivity contribution is 7.88. The average molecular weight is 350 g/mol. The minimum Gasteiger partial charge on any atom is -0.493 e. The number of hydrazone groups is 1. The molecule has 1 atom stereocenters. The Labute approximate surface area is 140 Å². The third-order valence-electron chi connectivity index (χ3n) is 3.81. The van der Waals surface area contributed by atoms with Gasteiger partial charge < -0.3 is 13.9 Å². The summed E-state index contributed by atoms with van der Waals surface area (Å²) < 4.78 is 41.6. The van der Waals surface area contributed by atoms with Crippen LogP contribution in [0.3, 0.4) is 0 Å². The van der Waals surface area contributed by atoms with Crippen molar-refractivity contribution in [2.75, 3.05) is 20.5 Å². The first kappa shape index (κ1) is 16.4. The molecule has 0 spiro atoms. The molecule has 0 saturated heterocycles. The molecular weight excluding hydrogens is 332 g/mol. The molecule has 7 nitrogen and oxygen atoms in total. The number of methoxy groups -OCH3 is 2. The summed E-state index contributed by atoms with van der Waals surface area (Å²) in [5, 5.41) is 4.26. The van der Waals surface area contributed by atoms with Gasteiger partial charge in [0, 0.05) is 12.0 Å². The third-order valence-corrected chi connectivity index (χ3v) is 4.83. The average Bonchev–Trinajstić information content (AvgIpc) is 3.22. The van der Waals surface area contributed by atoms with Crippen molar-refractivity contribution in [2.24, 2.45) is 5.10 Å². The zero-order valence-corrected chi connectivity index (χ0v) is 14.4. The Bertz CT molecular complexity index is 859. The van der Waals surface area contributed by atoms with Crippen LogP contribution in [0.5, 0.6) is 11.5 Å². The Morgan fingerprint density at radius 3 is 2.58 bits per heavy atom. The van der Waals surface area contributed by atoms with Gasteiger partial charge in [-0.15, -0.1) is 0 Å². The highest BCUT2D eigenvalue weighted by atomic mass is 32.2. The van der Waals surface area contributed by atoms with E-state index in [-0.39, 0.29) is 0 Å². The van der Waals surface area contributed by atoms with E-state index < -0.39 is 16.1 Å². The molecule has 0 aliphatic carbocycles. The smallest absolute Gasteiger partial charge is 0.247 e. The molecule has 2 aromatic rings. The fraction of sp³-hybridized carbons (Fsp3) is 0.312. The van der Waals surface area contributed by atoms with Crippen LogP contribution >= 0.6 is 0 Å². The summed E-state index contributed by atoms with van der Waals surface area (Å²) in [6, 6.07) is 8.33. The Morgan fingerprint density at radius 2 is 2.00 bits per heavy atom. The normalized spacial score (nSPS) is 17.7. The van der Waals surface area contributed by atoms with Crippen LogP contribution in [-0.2, 0) is 10.0 Å². The van der Waals surface area contributed by atoms with Gasteiger partial charge in [-0.25, -0.2) is 8.42 Å². The van der Waals surface area contributed by atoms with Crippen LogP contribution in [0.4, 0.5) is 0 Å². The second kappa shape index (κ2) is 6.20. The first-order valence-corrected chi connectivity index (χ1v) is 9.12. The number of sulfonamides is 1. The molecule has 128 valence electrons. The highest BCUT2D eigenvalue weighted by Crippen LogP contribution is 2.42. The molecule has 0 unspecified atom stereocenters. The molecule has 1 aromatic carbocycles. The summed E-state index contributed by atoms with van der Waals surface area (Å²) in [6.45, 7) is 0. The van der Waals surface area contributed by atoms with E-state index >= 15 is 0 Å². The summed E-state index contributed by atoms with van der Waals surface area (Å²) in [6.07, 6.45) is 3.04. The van der Waals surface area contributed by atoms with Gasteiger partial charge in [-0.1, -0.05) is 12.1 Å². The Kier molecular flexibility index (Phi) is 4.23. The SMILES string of the molecule is COc1cccc([C@H]2CC(c3ccco3)=NN2S(C)(=O)=O)c1OC. The molecule has 1 aliphatic heterocycles. The Balaban J connectivity index is 2.08. The minimum absolute atomic E-state index is 0.379. The monoisotopic (exact) mass is 350 g/mol. The molecule has 1 aromatic heterocycles. The molecular formula is C16H18N2O5S. The van der Waals surface area contributed by atoms with E-state index in [0.717, 1.165) is 10.7 Å². The Hall–Kier alpha value is -2.48. The summed E-state index contributed by atoms with van der Waals surface area (Å²) in [5.74, 6) is 1.58. The summed E-state index contributed by atoms with van der Waals surface area (Å²) in [7, 11) is -0.500. The quantitative estimate of drug-likeness (QED) is 0.827. The van der Waals surface area contributed by atoms with E-state index in [4.69, 9.17) is 13.9 Å². The van der Waals surface area contributed by atoms with Crippen molar-refractivity contribution < 1.29 is 22.3 Å². The predicted octanol–water partition coefficient (Wildman–Crippen LogP) is 2.41. The lowest BCUT2D eigenvalue weighted by molar-refractivity contribution is 0.329.